The second kappa shape index (κ2) is 11.1. The lowest BCUT2D eigenvalue weighted by Gasteiger charge is -2.21. The fourth-order valence-corrected chi connectivity index (χ4v) is 2.38. The molecule has 2 aromatic rings. The maximum Gasteiger partial charge on any atom is 0.333 e. The molecule has 27 heavy (non-hydrogen) atoms. The minimum Gasteiger partial charge on any atom is -0.481 e. The summed E-state index contributed by atoms with van der Waals surface area (Å²) in [7, 11) is 0. The summed E-state index contributed by atoms with van der Waals surface area (Å²) in [6.07, 6.45) is -1.57. The van der Waals surface area contributed by atoms with Crippen molar-refractivity contribution in [2.75, 3.05) is 13.4 Å². The van der Waals surface area contributed by atoms with E-state index in [2.05, 4.69) is 0 Å². The number of aliphatic carboxylic acids is 2. The SMILES string of the molecule is O=C(O)C(COCc1ccccc1)C(OCOCc1ccccc1)C(=O)O. The molecule has 0 amide bonds. The van der Waals surface area contributed by atoms with Gasteiger partial charge in [0.25, 0.3) is 0 Å². The molecule has 7 heteroatoms. The molecule has 0 fully saturated rings. The standard InChI is InChI=1S/C20H22O7/c21-19(22)17(13-25-11-15-7-3-1-4-8-15)18(20(23)24)27-14-26-12-16-9-5-2-6-10-16/h1-10,17-18H,11-14H2,(H,21,22)(H,23,24). The molecule has 0 aliphatic rings. The molecule has 144 valence electrons. The summed E-state index contributed by atoms with van der Waals surface area (Å²) in [4.78, 5) is 22.9. The van der Waals surface area contributed by atoms with Crippen LogP contribution in [0.4, 0.5) is 0 Å². The van der Waals surface area contributed by atoms with E-state index in [9.17, 15) is 19.8 Å². The minimum absolute atomic E-state index is 0.182. The number of benzene rings is 2. The van der Waals surface area contributed by atoms with Gasteiger partial charge in [-0.15, -0.1) is 0 Å². The topological polar surface area (TPSA) is 102 Å². The predicted octanol–water partition coefficient (Wildman–Crippen LogP) is 2.55. The smallest absolute Gasteiger partial charge is 0.333 e. The number of ether oxygens (including phenoxy) is 3. The van der Waals surface area contributed by atoms with Crippen molar-refractivity contribution in [3.8, 4) is 0 Å². The first-order valence-electron chi connectivity index (χ1n) is 8.38. The molecule has 0 spiro atoms. The summed E-state index contributed by atoms with van der Waals surface area (Å²) in [5, 5.41) is 18.7. The van der Waals surface area contributed by atoms with E-state index in [1.54, 1.807) is 0 Å². The van der Waals surface area contributed by atoms with Gasteiger partial charge in [0, 0.05) is 0 Å². The number of hydrogen-bond donors (Lipinski definition) is 2. The Bertz CT molecular complexity index is 703. The summed E-state index contributed by atoms with van der Waals surface area (Å²) in [5.41, 5.74) is 1.76. The second-order valence-electron chi connectivity index (χ2n) is 5.82. The molecular weight excluding hydrogens is 352 g/mol. The normalized spacial score (nSPS) is 13.0. The van der Waals surface area contributed by atoms with Crippen molar-refractivity contribution in [1.29, 1.82) is 0 Å². The van der Waals surface area contributed by atoms with Gasteiger partial charge in [-0.25, -0.2) is 4.79 Å². The lowest BCUT2D eigenvalue weighted by atomic mass is 10.0. The van der Waals surface area contributed by atoms with E-state index in [-0.39, 0.29) is 26.6 Å². The molecule has 0 radical (unpaired) electrons. The molecular formula is C20H22O7. The second-order valence-corrected chi connectivity index (χ2v) is 5.82. The molecule has 0 saturated heterocycles. The molecule has 0 aliphatic carbocycles. The predicted molar refractivity (Wildman–Crippen MR) is 95.8 cm³/mol. The van der Waals surface area contributed by atoms with Crippen LogP contribution in [-0.4, -0.2) is 41.7 Å². The van der Waals surface area contributed by atoms with Crippen molar-refractivity contribution < 1.29 is 34.0 Å². The van der Waals surface area contributed by atoms with Gasteiger partial charge < -0.3 is 24.4 Å². The Labute approximate surface area is 157 Å². The van der Waals surface area contributed by atoms with Gasteiger partial charge in [-0.2, -0.15) is 0 Å². The maximum atomic E-state index is 11.5. The third-order valence-electron chi connectivity index (χ3n) is 3.78. The van der Waals surface area contributed by atoms with Crippen molar-refractivity contribution in [3.05, 3.63) is 71.8 Å². The first-order chi connectivity index (χ1) is 13.1. The molecule has 0 heterocycles. The highest BCUT2D eigenvalue weighted by Gasteiger charge is 2.35. The Kier molecular flexibility index (Phi) is 8.44. The van der Waals surface area contributed by atoms with Crippen molar-refractivity contribution >= 4 is 11.9 Å². The maximum absolute atomic E-state index is 11.5. The van der Waals surface area contributed by atoms with Gasteiger partial charge in [-0.3, -0.25) is 4.79 Å². The van der Waals surface area contributed by atoms with E-state index in [1.165, 1.54) is 0 Å². The first-order valence-corrected chi connectivity index (χ1v) is 8.38. The molecule has 2 atom stereocenters. The zero-order valence-corrected chi connectivity index (χ0v) is 14.7. The van der Waals surface area contributed by atoms with Crippen LogP contribution in [0.3, 0.4) is 0 Å². The summed E-state index contributed by atoms with van der Waals surface area (Å²) in [6, 6.07) is 18.5. The monoisotopic (exact) mass is 374 g/mol. The Balaban J connectivity index is 1.84. The van der Waals surface area contributed by atoms with Crippen LogP contribution in [0, 0.1) is 5.92 Å². The number of carbonyl (C=O) groups is 2. The van der Waals surface area contributed by atoms with Gasteiger partial charge in [0.15, 0.2) is 6.10 Å². The highest BCUT2D eigenvalue weighted by atomic mass is 16.7. The Morgan fingerprint density at radius 3 is 1.78 bits per heavy atom. The van der Waals surface area contributed by atoms with Gasteiger partial charge in [-0.05, 0) is 11.1 Å². The van der Waals surface area contributed by atoms with E-state index in [4.69, 9.17) is 14.2 Å². The van der Waals surface area contributed by atoms with Crippen LogP contribution in [-0.2, 0) is 37.0 Å². The van der Waals surface area contributed by atoms with Crippen LogP contribution in [0.1, 0.15) is 11.1 Å². The minimum atomic E-state index is -1.57. The van der Waals surface area contributed by atoms with Crippen LogP contribution in [0.5, 0.6) is 0 Å². The Morgan fingerprint density at radius 2 is 1.30 bits per heavy atom. The first kappa shape index (κ1) is 20.6. The molecule has 2 aromatic carbocycles. The number of carboxylic acid groups (broad SMARTS) is 2. The summed E-state index contributed by atoms with van der Waals surface area (Å²) >= 11 is 0. The highest BCUT2D eigenvalue weighted by Crippen LogP contribution is 2.13. The van der Waals surface area contributed by atoms with Gasteiger partial charge in [0.2, 0.25) is 0 Å². The molecule has 2 unspecified atom stereocenters. The molecule has 2 rings (SSSR count). The average molecular weight is 374 g/mol. The molecule has 2 N–H and O–H groups in total. The van der Waals surface area contributed by atoms with Gasteiger partial charge >= 0.3 is 11.9 Å². The highest BCUT2D eigenvalue weighted by molar-refractivity contribution is 5.81. The van der Waals surface area contributed by atoms with Crippen molar-refractivity contribution in [3.63, 3.8) is 0 Å². The summed E-state index contributed by atoms with van der Waals surface area (Å²) < 4.78 is 15.8. The van der Waals surface area contributed by atoms with E-state index >= 15 is 0 Å². The van der Waals surface area contributed by atoms with Crippen LogP contribution >= 0.6 is 0 Å². The Hall–Kier alpha value is -2.74. The third-order valence-corrected chi connectivity index (χ3v) is 3.78. The van der Waals surface area contributed by atoms with E-state index in [1.807, 2.05) is 60.7 Å². The summed E-state index contributed by atoms with van der Waals surface area (Å²) in [5.74, 6) is -4.04. The van der Waals surface area contributed by atoms with E-state index in [0.717, 1.165) is 11.1 Å². The van der Waals surface area contributed by atoms with Gasteiger partial charge in [0.1, 0.15) is 12.7 Å². The lowest BCUT2D eigenvalue weighted by Crippen LogP contribution is -2.40. The quantitative estimate of drug-likeness (QED) is 0.435. The molecule has 7 nitrogen and oxygen atoms in total. The van der Waals surface area contributed by atoms with Crippen molar-refractivity contribution in [1.82, 2.24) is 0 Å². The van der Waals surface area contributed by atoms with Crippen molar-refractivity contribution in [2.45, 2.75) is 19.3 Å². The number of rotatable bonds is 12. The fourth-order valence-electron chi connectivity index (χ4n) is 2.38. The third kappa shape index (κ3) is 7.18. The van der Waals surface area contributed by atoms with E-state index in [0.29, 0.717) is 0 Å². The Morgan fingerprint density at radius 1 is 0.778 bits per heavy atom. The van der Waals surface area contributed by atoms with Crippen LogP contribution in [0.2, 0.25) is 0 Å². The lowest BCUT2D eigenvalue weighted by molar-refractivity contribution is -0.180. The largest absolute Gasteiger partial charge is 0.481 e. The van der Waals surface area contributed by atoms with Crippen LogP contribution < -0.4 is 0 Å². The van der Waals surface area contributed by atoms with Crippen molar-refractivity contribution in [2.24, 2.45) is 5.92 Å². The molecule has 0 bridgehead atoms. The van der Waals surface area contributed by atoms with E-state index < -0.39 is 24.0 Å². The van der Waals surface area contributed by atoms with Gasteiger partial charge in [-0.1, -0.05) is 60.7 Å². The molecule has 0 aromatic heterocycles. The van der Waals surface area contributed by atoms with Crippen LogP contribution in [0.15, 0.2) is 60.7 Å². The van der Waals surface area contributed by atoms with Gasteiger partial charge in [0.05, 0.1) is 19.8 Å². The fraction of sp³-hybridized carbons (Fsp3) is 0.300. The van der Waals surface area contributed by atoms with Crippen LogP contribution in [0.25, 0.3) is 0 Å². The molecule has 0 aliphatic heterocycles. The molecule has 0 saturated carbocycles. The zero-order valence-electron chi connectivity index (χ0n) is 14.7. The zero-order chi connectivity index (χ0) is 19.5. The number of hydrogen-bond acceptors (Lipinski definition) is 5. The summed E-state index contributed by atoms with van der Waals surface area (Å²) in [6.45, 7) is -0.217. The average Bonchev–Trinajstić information content (AvgIpc) is 2.67. The number of carboxylic acids is 2.